The summed E-state index contributed by atoms with van der Waals surface area (Å²) in [5.74, 6) is -0.274. The van der Waals surface area contributed by atoms with E-state index in [1.807, 2.05) is 66.4 Å². The summed E-state index contributed by atoms with van der Waals surface area (Å²) in [5, 5.41) is 6.58. The van der Waals surface area contributed by atoms with Crippen molar-refractivity contribution in [3.8, 4) is 5.75 Å². The number of para-hydroxylation sites is 1. The van der Waals surface area contributed by atoms with Crippen LogP contribution in [0, 0.1) is 0 Å². The van der Waals surface area contributed by atoms with Crippen LogP contribution in [-0.4, -0.2) is 42.1 Å². The Bertz CT molecular complexity index is 1120. The predicted molar refractivity (Wildman–Crippen MR) is 131 cm³/mol. The second-order valence-electron chi connectivity index (χ2n) is 6.97. The van der Waals surface area contributed by atoms with Gasteiger partial charge in [0.25, 0.3) is 0 Å². The van der Waals surface area contributed by atoms with Crippen LogP contribution in [0.1, 0.15) is 13.8 Å². The van der Waals surface area contributed by atoms with Crippen LogP contribution in [0.4, 0.5) is 11.4 Å². The number of benzene rings is 2. The van der Waals surface area contributed by atoms with Gasteiger partial charge in [0.1, 0.15) is 10.7 Å². The van der Waals surface area contributed by atoms with E-state index >= 15 is 0 Å². The Morgan fingerprint density at radius 3 is 2.27 bits per heavy atom. The molecule has 0 saturated heterocycles. The third kappa shape index (κ3) is 4.04. The molecule has 33 heavy (non-hydrogen) atoms. The maximum atomic E-state index is 12.7. The van der Waals surface area contributed by atoms with Crippen LogP contribution in [0.5, 0.6) is 5.75 Å². The van der Waals surface area contributed by atoms with E-state index in [2.05, 4.69) is 5.10 Å². The molecule has 4 rings (SSSR count). The van der Waals surface area contributed by atoms with Crippen molar-refractivity contribution < 1.29 is 23.8 Å². The second kappa shape index (κ2) is 9.40. The van der Waals surface area contributed by atoms with Crippen LogP contribution in [-0.2, 0) is 19.1 Å². The van der Waals surface area contributed by atoms with Crippen molar-refractivity contribution in [3.63, 3.8) is 0 Å². The van der Waals surface area contributed by atoms with Crippen LogP contribution in [0.25, 0.3) is 0 Å². The number of ether oxygens (including phenoxy) is 3. The van der Waals surface area contributed by atoms with Crippen molar-refractivity contribution >= 4 is 51.9 Å². The van der Waals surface area contributed by atoms with Crippen LogP contribution >= 0.6 is 23.5 Å². The minimum Gasteiger partial charge on any atom is -0.497 e. The van der Waals surface area contributed by atoms with E-state index < -0.39 is 16.3 Å². The van der Waals surface area contributed by atoms with Gasteiger partial charge in [0.2, 0.25) is 9.37 Å². The Kier molecular flexibility index (Phi) is 6.57. The molecule has 1 atom stereocenters. The molecular weight excluding hydrogens is 462 g/mol. The van der Waals surface area contributed by atoms with Crippen LogP contribution in [0.3, 0.4) is 0 Å². The molecular formula is C23H23N3O5S2. The minimum atomic E-state index is -1.02. The van der Waals surface area contributed by atoms with Crippen molar-refractivity contribution in [1.29, 1.82) is 0 Å². The fourth-order valence-electron chi connectivity index (χ4n) is 3.55. The van der Waals surface area contributed by atoms with Crippen LogP contribution in [0.15, 0.2) is 70.3 Å². The predicted octanol–water partition coefficient (Wildman–Crippen LogP) is 4.39. The zero-order valence-electron chi connectivity index (χ0n) is 18.6. The van der Waals surface area contributed by atoms with Gasteiger partial charge >= 0.3 is 11.9 Å². The molecule has 0 aromatic heterocycles. The summed E-state index contributed by atoms with van der Waals surface area (Å²) >= 11 is 2.51. The van der Waals surface area contributed by atoms with Gasteiger partial charge in [0.05, 0.1) is 26.5 Å². The average molecular weight is 486 g/mol. The molecule has 0 N–H and O–H groups in total. The number of hydrazone groups is 1. The Labute approximate surface area is 200 Å². The van der Waals surface area contributed by atoms with E-state index in [-0.39, 0.29) is 11.7 Å². The SMILES string of the molecule is CCOC(=O)C1=NN(c2ccc(OC)cc2)[C@]2(S1)SC(C(=O)OC)=C(C)N2c1ccccc1. The lowest BCUT2D eigenvalue weighted by atomic mass is 10.2. The average Bonchev–Trinajstić information content (AvgIpc) is 3.37. The van der Waals surface area contributed by atoms with Crippen molar-refractivity contribution in [1.82, 2.24) is 0 Å². The van der Waals surface area contributed by atoms with Gasteiger partial charge in [-0.25, -0.2) is 14.6 Å². The number of rotatable bonds is 6. The number of hydrogen-bond donors (Lipinski definition) is 0. The zero-order valence-corrected chi connectivity index (χ0v) is 20.2. The Morgan fingerprint density at radius 2 is 1.67 bits per heavy atom. The van der Waals surface area contributed by atoms with Gasteiger partial charge < -0.3 is 19.1 Å². The molecule has 1 spiro atoms. The maximum absolute atomic E-state index is 12.7. The molecule has 0 fully saturated rings. The zero-order chi connectivity index (χ0) is 23.6. The number of carbonyl (C=O) groups is 2. The smallest absolute Gasteiger partial charge is 0.365 e. The van der Waals surface area contributed by atoms with Crippen molar-refractivity contribution in [2.24, 2.45) is 5.10 Å². The molecule has 2 heterocycles. The van der Waals surface area contributed by atoms with Gasteiger partial charge in [0.15, 0.2) is 0 Å². The highest BCUT2D eigenvalue weighted by Gasteiger charge is 2.58. The first-order valence-corrected chi connectivity index (χ1v) is 11.8. The summed E-state index contributed by atoms with van der Waals surface area (Å²) in [5.41, 5.74) is 2.26. The van der Waals surface area contributed by atoms with Gasteiger partial charge in [-0.15, -0.1) is 0 Å². The molecule has 172 valence electrons. The lowest BCUT2D eigenvalue weighted by Crippen LogP contribution is -2.49. The van der Waals surface area contributed by atoms with E-state index in [1.54, 1.807) is 19.0 Å². The first-order valence-electron chi connectivity index (χ1n) is 10.2. The fraction of sp³-hybridized carbons (Fsp3) is 0.261. The summed E-state index contributed by atoms with van der Waals surface area (Å²) in [6.07, 6.45) is 0. The third-order valence-electron chi connectivity index (χ3n) is 5.02. The topological polar surface area (TPSA) is 80.7 Å². The number of allylic oxidation sites excluding steroid dienone is 1. The summed E-state index contributed by atoms with van der Waals surface area (Å²) < 4.78 is 14.6. The second-order valence-corrected chi connectivity index (χ2v) is 9.57. The van der Waals surface area contributed by atoms with E-state index in [0.717, 1.165) is 11.4 Å². The molecule has 0 radical (unpaired) electrons. The highest BCUT2D eigenvalue weighted by atomic mass is 32.2. The third-order valence-corrected chi connectivity index (χ3v) is 7.87. The van der Waals surface area contributed by atoms with Crippen molar-refractivity contribution in [3.05, 3.63) is 65.2 Å². The van der Waals surface area contributed by atoms with E-state index in [0.29, 0.717) is 16.4 Å². The monoisotopic (exact) mass is 485 g/mol. The highest BCUT2D eigenvalue weighted by Crippen LogP contribution is 2.60. The van der Waals surface area contributed by atoms with Gasteiger partial charge in [-0.1, -0.05) is 30.0 Å². The van der Waals surface area contributed by atoms with Gasteiger partial charge in [-0.05, 0) is 62.0 Å². The molecule has 0 saturated carbocycles. The number of thioether (sulfide) groups is 2. The highest BCUT2D eigenvalue weighted by molar-refractivity contribution is 8.29. The molecule has 2 aliphatic rings. The molecule has 0 bridgehead atoms. The van der Waals surface area contributed by atoms with Crippen molar-refractivity contribution in [2.75, 3.05) is 30.7 Å². The molecule has 0 aliphatic carbocycles. The fourth-order valence-corrected chi connectivity index (χ4v) is 6.52. The molecule has 0 amide bonds. The van der Waals surface area contributed by atoms with Crippen molar-refractivity contribution in [2.45, 2.75) is 18.2 Å². The number of anilines is 2. The summed E-state index contributed by atoms with van der Waals surface area (Å²) in [7, 11) is 2.95. The molecule has 2 aromatic carbocycles. The van der Waals surface area contributed by atoms with Gasteiger partial charge in [-0.2, -0.15) is 5.10 Å². The lowest BCUT2D eigenvalue weighted by molar-refractivity contribution is -0.135. The molecule has 2 aliphatic heterocycles. The van der Waals surface area contributed by atoms with E-state index in [9.17, 15) is 9.59 Å². The van der Waals surface area contributed by atoms with Gasteiger partial charge in [-0.3, -0.25) is 0 Å². The van der Waals surface area contributed by atoms with Crippen LogP contribution in [0.2, 0.25) is 0 Å². The first kappa shape index (κ1) is 23.1. The number of carbonyl (C=O) groups excluding carboxylic acids is 2. The summed E-state index contributed by atoms with van der Waals surface area (Å²) in [6, 6.07) is 17.0. The number of nitrogens with zero attached hydrogens (tertiary/aromatic N) is 3. The first-order chi connectivity index (χ1) is 15.9. The maximum Gasteiger partial charge on any atom is 0.365 e. The van der Waals surface area contributed by atoms with E-state index in [1.165, 1.54) is 30.6 Å². The largest absolute Gasteiger partial charge is 0.497 e. The minimum absolute atomic E-state index is 0.194. The number of methoxy groups -OCH3 is 2. The molecule has 10 heteroatoms. The Hall–Kier alpha value is -3.11. The standard InChI is InChI=1S/C23H23N3O5S2/c1-5-31-22(28)20-24-26(17-11-13-18(29-3)14-12-17)23(33-20)25(16-9-7-6-8-10-16)15(2)19(32-23)21(27)30-4/h6-14H,5H2,1-4H3/t23-/m0/s1. The number of esters is 2. The van der Waals surface area contributed by atoms with E-state index in [4.69, 9.17) is 14.2 Å². The molecule has 2 aromatic rings. The van der Waals surface area contributed by atoms with Gasteiger partial charge in [0, 0.05) is 11.4 Å². The molecule has 0 unspecified atom stereocenters. The Balaban J connectivity index is 1.88. The lowest BCUT2D eigenvalue weighted by Gasteiger charge is -2.41. The molecule has 8 nitrogen and oxygen atoms in total. The Morgan fingerprint density at radius 1 is 0.970 bits per heavy atom. The summed E-state index contributed by atoms with van der Waals surface area (Å²) in [6.45, 7) is 3.83. The normalized spacial score (nSPS) is 19.7. The summed E-state index contributed by atoms with van der Waals surface area (Å²) in [4.78, 5) is 27.8. The van der Waals surface area contributed by atoms with Crippen LogP contribution < -0.4 is 14.6 Å². The number of hydrogen-bond acceptors (Lipinski definition) is 10. The quantitative estimate of drug-likeness (QED) is 0.553.